The van der Waals surface area contributed by atoms with E-state index in [1.807, 2.05) is 19.6 Å². The number of carbonyl (C=O) groups is 1. The molecule has 1 fully saturated rings. The van der Waals surface area contributed by atoms with E-state index in [4.69, 9.17) is 8.92 Å². The lowest BCUT2D eigenvalue weighted by Crippen LogP contribution is -2.43. The van der Waals surface area contributed by atoms with Crippen LogP contribution in [0.25, 0.3) is 21.9 Å². The summed E-state index contributed by atoms with van der Waals surface area (Å²) in [5, 5.41) is 11.2. The van der Waals surface area contributed by atoms with Gasteiger partial charge < -0.3 is 14.0 Å². The van der Waals surface area contributed by atoms with Crippen LogP contribution in [0.15, 0.2) is 60.7 Å². The normalized spacial score (nSPS) is 14.4. The Hall–Kier alpha value is -3.64. The molecule has 0 radical (unpaired) electrons. The number of likely N-dealkylation sites (tertiary alicyclic amines) is 1. The summed E-state index contributed by atoms with van der Waals surface area (Å²) < 4.78 is 66.0. The van der Waals surface area contributed by atoms with Crippen molar-refractivity contribution in [2.24, 2.45) is 0 Å². The molecule has 0 spiro atoms. The second-order valence-electron chi connectivity index (χ2n) is 12.7. The number of benzene rings is 4. The van der Waals surface area contributed by atoms with Crippen LogP contribution in [-0.2, 0) is 16.7 Å². The molecule has 11 heteroatoms. The summed E-state index contributed by atoms with van der Waals surface area (Å²) in [6.07, 6.45) is 4.58. The van der Waals surface area contributed by atoms with Crippen molar-refractivity contribution >= 4 is 39.9 Å². The predicted molar refractivity (Wildman–Crippen MR) is 179 cm³/mol. The Balaban J connectivity index is 1.58. The van der Waals surface area contributed by atoms with Crippen LogP contribution in [0.1, 0.15) is 40.7 Å². The maximum absolute atomic E-state index is 15.9. The first kappa shape index (κ1) is 33.7. The summed E-state index contributed by atoms with van der Waals surface area (Å²) in [6, 6.07) is 15.5. The summed E-state index contributed by atoms with van der Waals surface area (Å²) in [6.45, 7) is 8.23. The van der Waals surface area contributed by atoms with Crippen LogP contribution in [0.3, 0.4) is 0 Å². The molecule has 0 saturated carbocycles. The van der Waals surface area contributed by atoms with Crippen molar-refractivity contribution in [2.75, 3.05) is 32.5 Å². The van der Waals surface area contributed by atoms with Crippen molar-refractivity contribution in [1.82, 2.24) is 4.90 Å². The number of fused-ring (bicyclic) bond motifs is 1. The number of rotatable bonds is 11. The number of aliphatic hydroxyl groups is 1. The van der Waals surface area contributed by atoms with Gasteiger partial charge in [0, 0.05) is 28.4 Å². The van der Waals surface area contributed by atoms with E-state index in [2.05, 4.69) is 4.90 Å². The Morgan fingerprint density at radius 1 is 0.913 bits per heavy atom. The largest absolute Gasteiger partial charge is 0.492 e. The summed E-state index contributed by atoms with van der Waals surface area (Å²) in [5.74, 6) is -1.29. The van der Waals surface area contributed by atoms with Gasteiger partial charge in [-0.25, -0.2) is 8.78 Å². The number of hydrogen-bond donors (Lipinski definition) is 1. The molecule has 0 bridgehead atoms. The fourth-order valence-corrected chi connectivity index (χ4v) is 8.12. The molecular formula is C35H39F2NO6SSi. The van der Waals surface area contributed by atoms with E-state index in [1.54, 1.807) is 42.5 Å². The quantitative estimate of drug-likeness (QED) is 0.115. The van der Waals surface area contributed by atoms with Crippen LogP contribution < -0.4 is 14.1 Å². The van der Waals surface area contributed by atoms with Crippen molar-refractivity contribution < 1.29 is 36.0 Å². The van der Waals surface area contributed by atoms with E-state index in [-0.39, 0.29) is 33.2 Å². The molecule has 1 N–H and O–H groups in total. The minimum Gasteiger partial charge on any atom is -0.492 e. The Morgan fingerprint density at radius 2 is 1.59 bits per heavy atom. The van der Waals surface area contributed by atoms with Gasteiger partial charge in [0.05, 0.1) is 20.9 Å². The third-order valence-corrected chi connectivity index (χ3v) is 10.7. The Kier molecular flexibility index (Phi) is 9.97. The summed E-state index contributed by atoms with van der Waals surface area (Å²) in [4.78, 5) is 16.7. The van der Waals surface area contributed by atoms with Crippen molar-refractivity contribution in [3.8, 4) is 22.6 Å². The lowest BCUT2D eigenvalue weighted by Gasteiger charge is -2.26. The standard InChI is InChI=1S/C35H39F2NO6SSi/c1-45(41,42)44-26-13-15-27-24(20-26)10-14-28(29-21-31(36)35(46(2,3)4)33(37)30(29)22-39)32(27)34(40)23-8-11-25(12-9-23)43-19-18-38-16-6-5-7-17-38/h8-15,20-21,39H,5-7,16-19,22H2,1-4H3. The number of halogens is 2. The maximum atomic E-state index is 15.9. The summed E-state index contributed by atoms with van der Waals surface area (Å²) >= 11 is 0. The van der Waals surface area contributed by atoms with Crippen molar-refractivity contribution in [3.63, 3.8) is 0 Å². The van der Waals surface area contributed by atoms with Crippen LogP contribution in [-0.4, -0.2) is 64.8 Å². The minimum atomic E-state index is -3.81. The zero-order valence-electron chi connectivity index (χ0n) is 26.5. The number of nitrogens with zero attached hydrogens (tertiary/aromatic N) is 1. The number of hydrogen-bond acceptors (Lipinski definition) is 7. The molecule has 0 amide bonds. The van der Waals surface area contributed by atoms with Gasteiger partial charge in [0.1, 0.15) is 29.7 Å². The smallest absolute Gasteiger partial charge is 0.306 e. The number of ketones is 1. The highest BCUT2D eigenvalue weighted by molar-refractivity contribution is 7.86. The fraction of sp³-hybridized carbons (Fsp3) is 0.343. The molecule has 0 atom stereocenters. The van der Waals surface area contributed by atoms with Gasteiger partial charge in [0.2, 0.25) is 0 Å². The molecule has 0 aliphatic carbocycles. The van der Waals surface area contributed by atoms with Crippen LogP contribution >= 0.6 is 0 Å². The monoisotopic (exact) mass is 667 g/mol. The minimum absolute atomic E-state index is 0.0209. The third kappa shape index (κ3) is 7.49. The van der Waals surface area contributed by atoms with Gasteiger partial charge in [-0.15, -0.1) is 0 Å². The summed E-state index contributed by atoms with van der Waals surface area (Å²) in [7, 11) is -6.29. The number of piperidine rings is 1. The Labute approximate surface area is 269 Å². The van der Waals surface area contributed by atoms with Crippen molar-refractivity contribution in [1.29, 1.82) is 0 Å². The maximum Gasteiger partial charge on any atom is 0.306 e. The molecule has 0 aromatic heterocycles. The van der Waals surface area contributed by atoms with Gasteiger partial charge in [-0.05, 0) is 96.4 Å². The first-order valence-corrected chi connectivity index (χ1v) is 20.7. The molecule has 1 heterocycles. The van der Waals surface area contributed by atoms with E-state index >= 15 is 8.78 Å². The Morgan fingerprint density at radius 3 is 2.22 bits per heavy atom. The molecule has 1 saturated heterocycles. The second kappa shape index (κ2) is 13.6. The lowest BCUT2D eigenvalue weighted by atomic mass is 9.87. The second-order valence-corrected chi connectivity index (χ2v) is 19.3. The van der Waals surface area contributed by atoms with Gasteiger partial charge in [-0.3, -0.25) is 9.69 Å². The van der Waals surface area contributed by atoms with E-state index < -0.39 is 42.2 Å². The average molecular weight is 668 g/mol. The lowest BCUT2D eigenvalue weighted by molar-refractivity contribution is 0.104. The number of aliphatic hydroxyl groups excluding tert-OH is 1. The molecule has 5 rings (SSSR count). The predicted octanol–water partition coefficient (Wildman–Crippen LogP) is 6.26. The molecular weight excluding hydrogens is 629 g/mol. The van der Waals surface area contributed by atoms with Crippen LogP contribution in [0.2, 0.25) is 19.6 Å². The highest BCUT2D eigenvalue weighted by atomic mass is 32.2. The molecule has 4 aromatic carbocycles. The Bertz CT molecular complexity index is 1870. The first-order chi connectivity index (χ1) is 21.8. The topological polar surface area (TPSA) is 93.1 Å². The number of carbonyl (C=O) groups excluding carboxylic acids is 1. The fourth-order valence-electron chi connectivity index (χ4n) is 6.07. The van der Waals surface area contributed by atoms with Gasteiger partial charge in [0.25, 0.3) is 0 Å². The van der Waals surface area contributed by atoms with Gasteiger partial charge in [-0.1, -0.05) is 38.2 Å². The highest BCUT2D eigenvalue weighted by Crippen LogP contribution is 2.37. The zero-order valence-corrected chi connectivity index (χ0v) is 28.3. The molecule has 4 aromatic rings. The van der Waals surface area contributed by atoms with Gasteiger partial charge >= 0.3 is 10.1 Å². The van der Waals surface area contributed by atoms with Gasteiger partial charge in [0.15, 0.2) is 5.78 Å². The molecule has 0 unspecified atom stereocenters. The van der Waals surface area contributed by atoms with E-state index in [1.165, 1.54) is 37.5 Å². The molecule has 1 aliphatic heterocycles. The highest BCUT2D eigenvalue weighted by Gasteiger charge is 2.30. The van der Waals surface area contributed by atoms with Crippen LogP contribution in [0.5, 0.6) is 11.5 Å². The van der Waals surface area contributed by atoms with E-state index in [0.29, 0.717) is 28.7 Å². The SMILES string of the molecule is C[Si](C)(C)c1c(F)cc(-c2ccc3cc(OS(C)(=O)=O)ccc3c2C(=O)c2ccc(OCCN3CCCCC3)cc2)c(CO)c1F. The zero-order chi connectivity index (χ0) is 33.2. The van der Waals surface area contributed by atoms with Crippen molar-refractivity contribution in [3.05, 3.63) is 89.0 Å². The average Bonchev–Trinajstić information content (AvgIpc) is 2.99. The first-order valence-electron chi connectivity index (χ1n) is 15.4. The molecule has 46 heavy (non-hydrogen) atoms. The molecule has 1 aliphatic rings. The molecule has 244 valence electrons. The van der Waals surface area contributed by atoms with Crippen LogP contribution in [0.4, 0.5) is 8.78 Å². The van der Waals surface area contributed by atoms with E-state index in [9.17, 15) is 18.3 Å². The number of ether oxygens (including phenoxy) is 1. The van der Waals surface area contributed by atoms with E-state index in [0.717, 1.165) is 25.9 Å². The molecule has 7 nitrogen and oxygen atoms in total. The van der Waals surface area contributed by atoms with Crippen molar-refractivity contribution in [2.45, 2.75) is 45.5 Å². The third-order valence-electron chi connectivity index (χ3n) is 8.23. The summed E-state index contributed by atoms with van der Waals surface area (Å²) in [5.41, 5.74) is 0.677. The van der Waals surface area contributed by atoms with Crippen LogP contribution in [0, 0.1) is 11.6 Å². The van der Waals surface area contributed by atoms with Gasteiger partial charge in [-0.2, -0.15) is 8.42 Å².